The van der Waals surface area contributed by atoms with Crippen LogP contribution in [0.2, 0.25) is 0 Å². The first-order chi connectivity index (χ1) is 10.1. The minimum Gasteiger partial charge on any atom is -0.319 e. The van der Waals surface area contributed by atoms with Crippen LogP contribution in [0.3, 0.4) is 0 Å². The van der Waals surface area contributed by atoms with E-state index in [0.29, 0.717) is 10.4 Å². The van der Waals surface area contributed by atoms with E-state index in [1.807, 2.05) is 25.2 Å². The van der Waals surface area contributed by atoms with Gasteiger partial charge in [0, 0.05) is 4.47 Å². The highest BCUT2D eigenvalue weighted by atomic mass is 79.9. The van der Waals surface area contributed by atoms with E-state index in [-0.39, 0.29) is 5.82 Å². The lowest BCUT2D eigenvalue weighted by molar-refractivity contribution is 0.490. The van der Waals surface area contributed by atoms with Crippen molar-refractivity contribution in [1.82, 2.24) is 5.32 Å². The van der Waals surface area contributed by atoms with Crippen LogP contribution in [-0.4, -0.2) is 13.6 Å². The van der Waals surface area contributed by atoms with Gasteiger partial charge in [0.25, 0.3) is 0 Å². The van der Waals surface area contributed by atoms with E-state index in [4.69, 9.17) is 0 Å². The monoisotopic (exact) mass is 413 g/mol. The van der Waals surface area contributed by atoms with E-state index < -0.39 is 0 Å². The van der Waals surface area contributed by atoms with Gasteiger partial charge in [-0.1, -0.05) is 40.2 Å². The molecule has 0 saturated heterocycles. The standard InChI is InChI=1S/C17H18Br2FN/c1-21-11-13(8-12-4-2-6-15(18)10-12)9-14-5-3-7-16(20)17(14)19/h2-7,10,13,21H,8-9,11H2,1H3. The summed E-state index contributed by atoms with van der Waals surface area (Å²) < 4.78 is 15.3. The Kier molecular flexibility index (Phi) is 6.40. The van der Waals surface area contributed by atoms with Crippen molar-refractivity contribution in [2.24, 2.45) is 5.92 Å². The van der Waals surface area contributed by atoms with Gasteiger partial charge in [-0.25, -0.2) is 4.39 Å². The van der Waals surface area contributed by atoms with Gasteiger partial charge in [-0.3, -0.25) is 0 Å². The predicted molar refractivity (Wildman–Crippen MR) is 93.1 cm³/mol. The molecular weight excluding hydrogens is 397 g/mol. The molecule has 112 valence electrons. The highest BCUT2D eigenvalue weighted by molar-refractivity contribution is 9.10. The Morgan fingerprint density at radius 1 is 1.10 bits per heavy atom. The fourth-order valence-corrected chi connectivity index (χ4v) is 3.39. The molecule has 2 aromatic rings. The molecule has 0 amide bonds. The van der Waals surface area contributed by atoms with Gasteiger partial charge in [0.2, 0.25) is 0 Å². The van der Waals surface area contributed by atoms with E-state index >= 15 is 0 Å². The van der Waals surface area contributed by atoms with E-state index in [0.717, 1.165) is 29.4 Å². The Hall–Kier alpha value is -0.710. The summed E-state index contributed by atoms with van der Waals surface area (Å²) in [6.07, 6.45) is 1.80. The van der Waals surface area contributed by atoms with Crippen LogP contribution >= 0.6 is 31.9 Å². The molecule has 0 saturated carbocycles. The molecule has 0 aliphatic carbocycles. The third kappa shape index (κ3) is 4.90. The molecule has 1 unspecified atom stereocenters. The summed E-state index contributed by atoms with van der Waals surface area (Å²) in [4.78, 5) is 0. The first-order valence-electron chi connectivity index (χ1n) is 6.92. The van der Waals surface area contributed by atoms with E-state index in [1.54, 1.807) is 6.07 Å². The number of hydrogen-bond acceptors (Lipinski definition) is 1. The summed E-state index contributed by atoms with van der Waals surface area (Å²) in [5.41, 5.74) is 2.31. The zero-order chi connectivity index (χ0) is 15.2. The molecule has 4 heteroatoms. The molecule has 21 heavy (non-hydrogen) atoms. The topological polar surface area (TPSA) is 12.0 Å². The van der Waals surface area contributed by atoms with Gasteiger partial charge in [0.1, 0.15) is 5.82 Å². The third-order valence-electron chi connectivity index (χ3n) is 3.45. The molecule has 0 bridgehead atoms. The fraction of sp³-hybridized carbons (Fsp3) is 0.294. The van der Waals surface area contributed by atoms with Crippen molar-refractivity contribution in [3.8, 4) is 0 Å². The normalized spacial score (nSPS) is 12.4. The zero-order valence-electron chi connectivity index (χ0n) is 11.9. The van der Waals surface area contributed by atoms with E-state index in [9.17, 15) is 4.39 Å². The van der Waals surface area contributed by atoms with Gasteiger partial charge in [-0.2, -0.15) is 0 Å². The van der Waals surface area contributed by atoms with Crippen molar-refractivity contribution in [3.63, 3.8) is 0 Å². The molecule has 0 aliphatic rings. The molecular formula is C17H18Br2FN. The molecule has 0 aliphatic heterocycles. The predicted octanol–water partition coefficient (Wildman–Crippen LogP) is 4.97. The van der Waals surface area contributed by atoms with Gasteiger partial charge >= 0.3 is 0 Å². The lowest BCUT2D eigenvalue weighted by atomic mass is 9.92. The average Bonchev–Trinajstić information content (AvgIpc) is 2.44. The second-order valence-electron chi connectivity index (χ2n) is 5.17. The van der Waals surface area contributed by atoms with Crippen LogP contribution in [0.4, 0.5) is 4.39 Å². The summed E-state index contributed by atoms with van der Waals surface area (Å²) in [7, 11) is 1.95. The van der Waals surface area contributed by atoms with Crippen LogP contribution in [0.25, 0.3) is 0 Å². The first-order valence-corrected chi connectivity index (χ1v) is 8.50. The molecule has 0 spiro atoms. The van der Waals surface area contributed by atoms with Crippen molar-refractivity contribution in [2.45, 2.75) is 12.8 Å². The molecule has 1 nitrogen and oxygen atoms in total. The van der Waals surface area contributed by atoms with Crippen LogP contribution in [0.15, 0.2) is 51.4 Å². The molecule has 2 rings (SSSR count). The van der Waals surface area contributed by atoms with E-state index in [2.05, 4.69) is 49.3 Å². The van der Waals surface area contributed by atoms with Crippen molar-refractivity contribution in [2.75, 3.05) is 13.6 Å². The molecule has 0 radical (unpaired) electrons. The van der Waals surface area contributed by atoms with Crippen LogP contribution in [0.1, 0.15) is 11.1 Å². The Labute approximate surface area is 142 Å². The van der Waals surface area contributed by atoms with Crippen molar-refractivity contribution in [1.29, 1.82) is 0 Å². The van der Waals surface area contributed by atoms with Crippen molar-refractivity contribution < 1.29 is 4.39 Å². The van der Waals surface area contributed by atoms with Gasteiger partial charge in [-0.05, 0) is 77.6 Å². The first kappa shape index (κ1) is 16.7. The second-order valence-corrected chi connectivity index (χ2v) is 6.88. The number of nitrogens with one attached hydrogen (secondary N) is 1. The lowest BCUT2D eigenvalue weighted by Gasteiger charge is -2.18. The zero-order valence-corrected chi connectivity index (χ0v) is 15.0. The minimum absolute atomic E-state index is 0.196. The van der Waals surface area contributed by atoms with Crippen LogP contribution < -0.4 is 5.32 Å². The number of benzene rings is 2. The summed E-state index contributed by atoms with van der Waals surface area (Å²) in [6.45, 7) is 0.898. The molecule has 1 N–H and O–H groups in total. The van der Waals surface area contributed by atoms with Gasteiger partial charge < -0.3 is 5.32 Å². The largest absolute Gasteiger partial charge is 0.319 e. The van der Waals surface area contributed by atoms with Gasteiger partial charge in [0.15, 0.2) is 0 Å². The molecule has 2 aromatic carbocycles. The molecule has 0 fully saturated rings. The lowest BCUT2D eigenvalue weighted by Crippen LogP contribution is -2.23. The maximum atomic E-state index is 13.6. The maximum Gasteiger partial charge on any atom is 0.137 e. The summed E-state index contributed by atoms with van der Waals surface area (Å²) in [6, 6.07) is 13.6. The third-order valence-corrected chi connectivity index (χ3v) is 4.83. The van der Waals surface area contributed by atoms with Crippen molar-refractivity contribution >= 4 is 31.9 Å². The average molecular weight is 415 g/mol. The summed E-state index contributed by atoms with van der Waals surface area (Å²) in [5.74, 6) is 0.223. The summed E-state index contributed by atoms with van der Waals surface area (Å²) in [5, 5.41) is 3.24. The van der Waals surface area contributed by atoms with Crippen LogP contribution in [0, 0.1) is 11.7 Å². The smallest absolute Gasteiger partial charge is 0.137 e. The number of halogens is 3. The van der Waals surface area contributed by atoms with E-state index in [1.165, 1.54) is 11.6 Å². The minimum atomic E-state index is -0.196. The number of hydrogen-bond donors (Lipinski definition) is 1. The van der Waals surface area contributed by atoms with Crippen molar-refractivity contribution in [3.05, 3.63) is 68.4 Å². The fourth-order valence-electron chi connectivity index (χ4n) is 2.52. The van der Waals surface area contributed by atoms with Crippen LogP contribution in [0.5, 0.6) is 0 Å². The van der Waals surface area contributed by atoms with Gasteiger partial charge in [-0.15, -0.1) is 0 Å². The Morgan fingerprint density at radius 3 is 2.57 bits per heavy atom. The highest BCUT2D eigenvalue weighted by Crippen LogP contribution is 2.25. The molecule has 1 atom stereocenters. The molecule has 0 heterocycles. The van der Waals surface area contributed by atoms with Gasteiger partial charge in [0.05, 0.1) is 4.47 Å². The molecule has 0 aromatic heterocycles. The number of rotatable bonds is 6. The summed E-state index contributed by atoms with van der Waals surface area (Å²) >= 11 is 6.86. The van der Waals surface area contributed by atoms with Crippen LogP contribution in [-0.2, 0) is 12.8 Å². The Morgan fingerprint density at radius 2 is 1.86 bits per heavy atom. The Bertz CT molecular complexity index is 601. The highest BCUT2D eigenvalue weighted by Gasteiger charge is 2.14. The maximum absolute atomic E-state index is 13.6. The SMILES string of the molecule is CNCC(Cc1cccc(Br)c1)Cc1cccc(F)c1Br. The Balaban J connectivity index is 2.13. The quantitative estimate of drug-likeness (QED) is 0.703. The second kappa shape index (κ2) is 8.06.